The van der Waals surface area contributed by atoms with Gasteiger partial charge in [-0.2, -0.15) is 5.10 Å². The number of carbonyl (C=O) groups is 1. The van der Waals surface area contributed by atoms with Gasteiger partial charge in [-0.3, -0.25) is 14.8 Å². The predicted octanol–water partition coefficient (Wildman–Crippen LogP) is 2.77. The van der Waals surface area contributed by atoms with E-state index in [0.717, 1.165) is 0 Å². The van der Waals surface area contributed by atoms with Crippen molar-refractivity contribution >= 4 is 11.9 Å². The summed E-state index contributed by atoms with van der Waals surface area (Å²) in [6.07, 6.45) is 1.67. The maximum atomic E-state index is 12.0. The molecule has 7 nitrogen and oxygen atoms in total. The largest absolute Gasteiger partial charge is 0.401 e. The molecule has 0 bridgehead atoms. The summed E-state index contributed by atoms with van der Waals surface area (Å²) in [7, 11) is 0. The van der Waals surface area contributed by atoms with Crippen molar-refractivity contribution in [2.24, 2.45) is 0 Å². The van der Waals surface area contributed by atoms with Gasteiger partial charge in [0.25, 0.3) is 11.8 Å². The van der Waals surface area contributed by atoms with E-state index >= 15 is 0 Å². The molecule has 0 fully saturated rings. The third-order valence-corrected chi connectivity index (χ3v) is 3.06. The SMILES string of the molecule is CC(C)n1nccc1-c1nnc(NC(=O)c2ccccc2)o1. The normalized spacial score (nSPS) is 10.9. The second-order valence-corrected chi connectivity index (χ2v) is 4.99. The van der Waals surface area contributed by atoms with Gasteiger partial charge in [0, 0.05) is 17.8 Å². The second-order valence-electron chi connectivity index (χ2n) is 4.99. The number of aromatic nitrogens is 4. The predicted molar refractivity (Wildman–Crippen MR) is 80.3 cm³/mol. The van der Waals surface area contributed by atoms with Gasteiger partial charge >= 0.3 is 6.01 Å². The maximum Gasteiger partial charge on any atom is 0.322 e. The number of nitrogens with one attached hydrogen (secondary N) is 1. The highest BCUT2D eigenvalue weighted by molar-refractivity contribution is 6.03. The van der Waals surface area contributed by atoms with Crippen LogP contribution in [0.25, 0.3) is 11.6 Å². The molecule has 2 heterocycles. The molecule has 22 heavy (non-hydrogen) atoms. The lowest BCUT2D eigenvalue weighted by molar-refractivity contribution is 0.102. The fourth-order valence-corrected chi connectivity index (χ4v) is 2.03. The van der Waals surface area contributed by atoms with E-state index in [-0.39, 0.29) is 18.0 Å². The van der Waals surface area contributed by atoms with E-state index in [4.69, 9.17) is 4.42 Å². The van der Waals surface area contributed by atoms with E-state index in [9.17, 15) is 4.79 Å². The Morgan fingerprint density at radius 1 is 1.18 bits per heavy atom. The first kappa shape index (κ1) is 14.0. The van der Waals surface area contributed by atoms with Crippen molar-refractivity contribution in [3.8, 4) is 11.6 Å². The van der Waals surface area contributed by atoms with Gasteiger partial charge in [0.05, 0.1) is 0 Å². The molecule has 0 radical (unpaired) electrons. The van der Waals surface area contributed by atoms with Crippen LogP contribution in [0.3, 0.4) is 0 Å². The number of benzene rings is 1. The smallest absolute Gasteiger partial charge is 0.322 e. The highest BCUT2D eigenvalue weighted by Gasteiger charge is 2.16. The van der Waals surface area contributed by atoms with Crippen molar-refractivity contribution < 1.29 is 9.21 Å². The highest BCUT2D eigenvalue weighted by Crippen LogP contribution is 2.22. The van der Waals surface area contributed by atoms with Gasteiger partial charge in [0.2, 0.25) is 0 Å². The van der Waals surface area contributed by atoms with E-state index in [1.54, 1.807) is 41.2 Å². The van der Waals surface area contributed by atoms with Crippen LogP contribution < -0.4 is 5.32 Å². The zero-order chi connectivity index (χ0) is 15.5. The van der Waals surface area contributed by atoms with Gasteiger partial charge in [-0.05, 0) is 32.0 Å². The third kappa shape index (κ3) is 2.73. The molecule has 1 N–H and O–H groups in total. The molecular weight excluding hydrogens is 282 g/mol. The molecule has 0 atom stereocenters. The highest BCUT2D eigenvalue weighted by atomic mass is 16.4. The summed E-state index contributed by atoms with van der Waals surface area (Å²) in [6, 6.07) is 10.8. The summed E-state index contributed by atoms with van der Waals surface area (Å²) >= 11 is 0. The summed E-state index contributed by atoms with van der Waals surface area (Å²) in [5.41, 5.74) is 1.23. The summed E-state index contributed by atoms with van der Waals surface area (Å²) in [5, 5.41) is 14.6. The van der Waals surface area contributed by atoms with Gasteiger partial charge in [0.15, 0.2) is 0 Å². The van der Waals surface area contributed by atoms with Crippen LogP contribution in [0, 0.1) is 0 Å². The Balaban J connectivity index is 1.80. The Morgan fingerprint density at radius 2 is 1.95 bits per heavy atom. The van der Waals surface area contributed by atoms with E-state index in [1.165, 1.54) is 0 Å². The van der Waals surface area contributed by atoms with Crippen LogP contribution in [0.1, 0.15) is 30.2 Å². The molecule has 1 aromatic carbocycles. The van der Waals surface area contributed by atoms with Crippen molar-refractivity contribution in [1.29, 1.82) is 0 Å². The summed E-state index contributed by atoms with van der Waals surface area (Å²) in [5.74, 6) is 0.0164. The first-order valence-electron chi connectivity index (χ1n) is 6.89. The number of hydrogen-bond acceptors (Lipinski definition) is 5. The first-order chi connectivity index (χ1) is 10.6. The standard InChI is InChI=1S/C15H15N5O2/c1-10(2)20-12(8-9-16-20)14-18-19-15(22-14)17-13(21)11-6-4-3-5-7-11/h3-10H,1-2H3,(H,17,19,21). The molecule has 0 aliphatic carbocycles. The molecule has 0 unspecified atom stereocenters. The Kier molecular flexibility index (Phi) is 3.69. The summed E-state index contributed by atoms with van der Waals surface area (Å²) < 4.78 is 7.27. The van der Waals surface area contributed by atoms with Gasteiger partial charge in [0.1, 0.15) is 5.69 Å². The van der Waals surface area contributed by atoms with E-state index < -0.39 is 0 Å². The number of nitrogens with zero attached hydrogens (tertiary/aromatic N) is 4. The maximum absolute atomic E-state index is 12.0. The van der Waals surface area contributed by atoms with Gasteiger partial charge in [-0.15, -0.1) is 5.10 Å². The van der Waals surface area contributed by atoms with E-state index in [2.05, 4.69) is 20.6 Å². The topological polar surface area (TPSA) is 85.8 Å². The van der Waals surface area contributed by atoms with Gasteiger partial charge in [-0.25, -0.2) is 0 Å². The number of rotatable bonds is 4. The molecule has 2 aromatic heterocycles. The molecule has 1 amide bonds. The fourth-order valence-electron chi connectivity index (χ4n) is 2.03. The lowest BCUT2D eigenvalue weighted by Gasteiger charge is -2.07. The van der Waals surface area contributed by atoms with Crippen LogP contribution in [0.15, 0.2) is 47.0 Å². The number of anilines is 1. The van der Waals surface area contributed by atoms with Crippen LogP contribution in [0.4, 0.5) is 6.01 Å². The number of hydrogen-bond donors (Lipinski definition) is 1. The minimum atomic E-state index is -0.298. The summed E-state index contributed by atoms with van der Waals surface area (Å²) in [4.78, 5) is 12.0. The molecule has 112 valence electrons. The quantitative estimate of drug-likeness (QED) is 0.800. The van der Waals surface area contributed by atoms with Crippen molar-refractivity contribution in [3.63, 3.8) is 0 Å². The zero-order valence-electron chi connectivity index (χ0n) is 12.2. The van der Waals surface area contributed by atoms with Gasteiger partial charge < -0.3 is 4.42 Å². The van der Waals surface area contributed by atoms with Crippen LogP contribution >= 0.6 is 0 Å². The Labute approximate surface area is 127 Å². The third-order valence-electron chi connectivity index (χ3n) is 3.06. The Bertz CT molecular complexity index is 776. The molecule has 0 aliphatic heterocycles. The van der Waals surface area contributed by atoms with Crippen molar-refractivity contribution in [2.45, 2.75) is 19.9 Å². The average molecular weight is 297 g/mol. The second kappa shape index (κ2) is 5.80. The molecule has 7 heteroatoms. The lowest BCUT2D eigenvalue weighted by atomic mass is 10.2. The van der Waals surface area contributed by atoms with Crippen LogP contribution in [-0.4, -0.2) is 25.9 Å². The zero-order valence-corrected chi connectivity index (χ0v) is 12.2. The summed E-state index contributed by atoms with van der Waals surface area (Å²) in [6.45, 7) is 4.01. The van der Waals surface area contributed by atoms with E-state index in [0.29, 0.717) is 17.1 Å². The molecule has 0 saturated heterocycles. The van der Waals surface area contributed by atoms with Crippen molar-refractivity contribution in [2.75, 3.05) is 5.32 Å². The minimum Gasteiger partial charge on any atom is -0.401 e. The van der Waals surface area contributed by atoms with Crippen molar-refractivity contribution in [3.05, 3.63) is 48.2 Å². The van der Waals surface area contributed by atoms with Crippen LogP contribution in [0.5, 0.6) is 0 Å². The van der Waals surface area contributed by atoms with Gasteiger partial charge in [-0.1, -0.05) is 23.3 Å². The Morgan fingerprint density at radius 3 is 2.68 bits per heavy atom. The average Bonchev–Trinajstić information content (AvgIpc) is 3.16. The lowest BCUT2D eigenvalue weighted by Crippen LogP contribution is -2.11. The number of amides is 1. The van der Waals surface area contributed by atoms with E-state index in [1.807, 2.05) is 19.9 Å². The molecule has 0 aliphatic rings. The number of carbonyl (C=O) groups excluding carboxylic acids is 1. The van der Waals surface area contributed by atoms with Crippen molar-refractivity contribution in [1.82, 2.24) is 20.0 Å². The first-order valence-corrected chi connectivity index (χ1v) is 6.89. The molecule has 3 aromatic rings. The fraction of sp³-hybridized carbons (Fsp3) is 0.200. The van der Waals surface area contributed by atoms with Crippen LogP contribution in [0.2, 0.25) is 0 Å². The minimum absolute atomic E-state index is 0.0559. The molecule has 0 spiro atoms. The Hall–Kier alpha value is -2.96. The molecule has 0 saturated carbocycles. The monoisotopic (exact) mass is 297 g/mol. The molecule has 3 rings (SSSR count). The molecular formula is C15H15N5O2. The van der Waals surface area contributed by atoms with Crippen LogP contribution in [-0.2, 0) is 0 Å².